The number of carbonyl (C=O) groups excluding carboxylic acids is 1. The Hall–Kier alpha value is -0.560. The molecule has 3 nitrogen and oxygen atoms in total. The third kappa shape index (κ3) is 2.27. The lowest BCUT2D eigenvalue weighted by atomic mass is 10.3. The molecule has 0 aliphatic carbocycles. The molecule has 0 saturated carbocycles. The van der Waals surface area contributed by atoms with Crippen molar-refractivity contribution in [2.24, 2.45) is 0 Å². The molecule has 1 aromatic heterocycles. The Kier molecular flexibility index (Phi) is 3.54. The summed E-state index contributed by atoms with van der Waals surface area (Å²) in [6.45, 7) is 1.38. The summed E-state index contributed by atoms with van der Waals surface area (Å²) in [5.74, 6) is -5.24. The quantitative estimate of drug-likeness (QED) is 0.802. The molecule has 1 rings (SSSR count). The summed E-state index contributed by atoms with van der Waals surface area (Å²) in [4.78, 5) is 14.3. The highest BCUT2D eigenvalue weighted by atomic mass is 79.9. The number of hydrogen-bond acceptors (Lipinski definition) is 4. The smallest absolute Gasteiger partial charge is 0.385 e. The van der Waals surface area contributed by atoms with Crippen LogP contribution in [0.2, 0.25) is 0 Å². The number of aromatic nitrogens is 1. The van der Waals surface area contributed by atoms with E-state index in [1.54, 1.807) is 0 Å². The van der Waals surface area contributed by atoms with Crippen LogP contribution in [0.1, 0.15) is 12.6 Å². The van der Waals surface area contributed by atoms with Gasteiger partial charge in [0.05, 0.1) is 6.61 Å². The fourth-order valence-corrected chi connectivity index (χ4v) is 1.75. The first kappa shape index (κ1) is 11.5. The van der Waals surface area contributed by atoms with Gasteiger partial charge in [-0.25, -0.2) is 9.78 Å². The van der Waals surface area contributed by atoms with Gasteiger partial charge in [0.2, 0.25) is 0 Å². The molecule has 0 aliphatic heterocycles. The van der Waals surface area contributed by atoms with Crippen molar-refractivity contribution in [3.63, 3.8) is 0 Å². The molecule has 0 spiro atoms. The molecule has 0 unspecified atom stereocenters. The van der Waals surface area contributed by atoms with Crippen molar-refractivity contribution in [3.8, 4) is 0 Å². The van der Waals surface area contributed by atoms with Gasteiger partial charge < -0.3 is 4.74 Å². The molecular formula is C7H6BrF2NO2S. The highest BCUT2D eigenvalue weighted by Crippen LogP contribution is 2.31. The van der Waals surface area contributed by atoms with Gasteiger partial charge in [-0.1, -0.05) is 0 Å². The van der Waals surface area contributed by atoms with Gasteiger partial charge in [-0.3, -0.25) is 0 Å². The third-order valence-electron chi connectivity index (χ3n) is 1.33. The van der Waals surface area contributed by atoms with Crippen LogP contribution in [0.4, 0.5) is 8.78 Å². The number of ether oxygens (including phenoxy) is 1. The number of hydrogen-bond donors (Lipinski definition) is 0. The second-order valence-corrected chi connectivity index (χ2v) is 4.41. The van der Waals surface area contributed by atoms with Crippen LogP contribution in [-0.4, -0.2) is 17.6 Å². The molecule has 1 aromatic rings. The fraction of sp³-hybridized carbons (Fsp3) is 0.429. The SMILES string of the molecule is CCOC(=O)C(F)(F)c1csc(Br)n1. The van der Waals surface area contributed by atoms with Gasteiger partial charge in [-0.05, 0) is 22.9 Å². The normalized spacial score (nSPS) is 11.4. The van der Waals surface area contributed by atoms with Gasteiger partial charge >= 0.3 is 11.9 Å². The lowest BCUT2D eigenvalue weighted by Gasteiger charge is -2.11. The number of nitrogens with zero attached hydrogens (tertiary/aromatic N) is 1. The third-order valence-corrected chi connectivity index (χ3v) is 2.69. The molecule has 14 heavy (non-hydrogen) atoms. The zero-order chi connectivity index (χ0) is 10.8. The molecule has 0 aromatic carbocycles. The van der Waals surface area contributed by atoms with E-state index < -0.39 is 17.6 Å². The van der Waals surface area contributed by atoms with E-state index >= 15 is 0 Å². The van der Waals surface area contributed by atoms with Gasteiger partial charge in [-0.15, -0.1) is 11.3 Å². The molecule has 78 valence electrons. The first-order chi connectivity index (χ1) is 6.48. The van der Waals surface area contributed by atoms with Gasteiger partial charge in [0.1, 0.15) is 5.69 Å². The summed E-state index contributed by atoms with van der Waals surface area (Å²) >= 11 is 3.92. The van der Waals surface area contributed by atoms with Crippen molar-refractivity contribution < 1.29 is 18.3 Å². The Morgan fingerprint density at radius 2 is 2.43 bits per heavy atom. The van der Waals surface area contributed by atoms with Gasteiger partial charge in [0, 0.05) is 5.38 Å². The summed E-state index contributed by atoms with van der Waals surface area (Å²) in [7, 11) is 0. The number of alkyl halides is 2. The molecule has 0 amide bonds. The van der Waals surface area contributed by atoms with Crippen molar-refractivity contribution in [3.05, 3.63) is 15.0 Å². The van der Waals surface area contributed by atoms with Crippen LogP contribution >= 0.6 is 27.3 Å². The second-order valence-electron chi connectivity index (χ2n) is 2.28. The number of thiazole rings is 1. The number of halogens is 3. The predicted molar refractivity (Wildman–Crippen MR) is 50.3 cm³/mol. The summed E-state index contributed by atoms with van der Waals surface area (Å²) in [5.41, 5.74) is -0.590. The zero-order valence-corrected chi connectivity index (χ0v) is 9.49. The Morgan fingerprint density at radius 3 is 2.86 bits per heavy atom. The van der Waals surface area contributed by atoms with Crippen LogP contribution in [0.15, 0.2) is 9.30 Å². The minimum Gasteiger partial charge on any atom is -0.461 e. The van der Waals surface area contributed by atoms with E-state index in [0.29, 0.717) is 3.92 Å². The molecule has 0 bridgehead atoms. The van der Waals surface area contributed by atoms with Crippen molar-refractivity contribution >= 4 is 33.2 Å². The summed E-state index contributed by atoms with van der Waals surface area (Å²) in [6.07, 6.45) is 0. The number of carbonyl (C=O) groups is 1. The van der Waals surface area contributed by atoms with E-state index in [0.717, 1.165) is 16.7 Å². The highest BCUT2D eigenvalue weighted by molar-refractivity contribution is 9.11. The van der Waals surface area contributed by atoms with Crippen LogP contribution in [0.25, 0.3) is 0 Å². The maximum Gasteiger partial charge on any atom is 0.385 e. The standard InChI is InChI=1S/C7H6BrF2NO2S/c1-2-13-5(12)7(9,10)4-3-14-6(8)11-4/h3H,2H2,1H3. The minimum absolute atomic E-state index is 0.0836. The van der Waals surface area contributed by atoms with Crippen LogP contribution in [0.3, 0.4) is 0 Å². The van der Waals surface area contributed by atoms with Gasteiger partial charge in [0.25, 0.3) is 0 Å². The first-order valence-electron chi connectivity index (χ1n) is 3.65. The van der Waals surface area contributed by atoms with Crippen molar-refractivity contribution in [1.29, 1.82) is 0 Å². The summed E-state index contributed by atoms with van der Waals surface area (Å²) in [6, 6.07) is 0. The highest BCUT2D eigenvalue weighted by Gasteiger charge is 2.44. The van der Waals surface area contributed by atoms with E-state index in [1.165, 1.54) is 6.92 Å². The van der Waals surface area contributed by atoms with E-state index in [4.69, 9.17) is 0 Å². The van der Waals surface area contributed by atoms with Crippen molar-refractivity contribution in [2.75, 3.05) is 6.61 Å². The Labute approximate surface area is 91.2 Å². The molecular weight excluding hydrogens is 280 g/mol. The zero-order valence-electron chi connectivity index (χ0n) is 7.09. The van der Waals surface area contributed by atoms with Crippen molar-refractivity contribution in [1.82, 2.24) is 4.98 Å². The van der Waals surface area contributed by atoms with Crippen LogP contribution in [0.5, 0.6) is 0 Å². The first-order valence-corrected chi connectivity index (χ1v) is 5.32. The Balaban J connectivity index is 2.89. The molecule has 1 heterocycles. The van der Waals surface area contributed by atoms with Gasteiger partial charge in [0.15, 0.2) is 3.92 Å². The molecule has 0 aliphatic rings. The second kappa shape index (κ2) is 4.31. The maximum atomic E-state index is 13.2. The molecule has 7 heteroatoms. The molecule has 0 N–H and O–H groups in total. The van der Waals surface area contributed by atoms with E-state index in [2.05, 4.69) is 25.7 Å². The van der Waals surface area contributed by atoms with E-state index in [9.17, 15) is 13.6 Å². The topological polar surface area (TPSA) is 39.2 Å². The lowest BCUT2D eigenvalue weighted by molar-refractivity contribution is -0.173. The number of rotatable bonds is 3. The van der Waals surface area contributed by atoms with Crippen LogP contribution in [0, 0.1) is 0 Å². The van der Waals surface area contributed by atoms with Crippen LogP contribution in [-0.2, 0) is 15.5 Å². The fourth-order valence-electron chi connectivity index (χ4n) is 0.722. The monoisotopic (exact) mass is 285 g/mol. The average molecular weight is 286 g/mol. The maximum absolute atomic E-state index is 13.2. The van der Waals surface area contributed by atoms with E-state index in [1.807, 2.05) is 0 Å². The van der Waals surface area contributed by atoms with E-state index in [-0.39, 0.29) is 6.61 Å². The predicted octanol–water partition coefficient (Wildman–Crippen LogP) is 2.56. The summed E-state index contributed by atoms with van der Waals surface area (Å²) < 4.78 is 30.9. The average Bonchev–Trinajstić information content (AvgIpc) is 2.52. The number of esters is 1. The summed E-state index contributed by atoms with van der Waals surface area (Å²) in [5, 5.41) is 1.11. The van der Waals surface area contributed by atoms with Crippen molar-refractivity contribution in [2.45, 2.75) is 12.8 Å². The molecule has 0 atom stereocenters. The Bertz CT molecular complexity index is 342. The Morgan fingerprint density at radius 1 is 1.79 bits per heavy atom. The largest absolute Gasteiger partial charge is 0.461 e. The minimum atomic E-state index is -3.67. The molecule has 0 radical (unpaired) electrons. The van der Waals surface area contributed by atoms with Gasteiger partial charge in [-0.2, -0.15) is 8.78 Å². The lowest BCUT2D eigenvalue weighted by Crippen LogP contribution is -2.28. The molecule has 0 fully saturated rings. The van der Waals surface area contributed by atoms with Crippen LogP contribution < -0.4 is 0 Å². The molecule has 0 saturated heterocycles.